The molecular weight excluding hydrogens is 612 g/mol. The van der Waals surface area contributed by atoms with Gasteiger partial charge in [0.15, 0.2) is 0 Å². The molecule has 1 aliphatic rings. The number of benzene rings is 5. The normalized spacial score (nSPS) is 12.8. The molecule has 3 unspecified atom stereocenters. The van der Waals surface area contributed by atoms with Gasteiger partial charge in [-0.05, 0) is 72.5 Å². The van der Waals surface area contributed by atoms with Crippen molar-refractivity contribution in [3.63, 3.8) is 0 Å². The molecule has 1 amide bonds. The van der Waals surface area contributed by atoms with Crippen molar-refractivity contribution in [3.05, 3.63) is 144 Å². The lowest BCUT2D eigenvalue weighted by Crippen LogP contribution is -2.40. The van der Waals surface area contributed by atoms with Gasteiger partial charge in [-0.3, -0.25) is 0 Å². The number of fused-ring (bicyclic) bond motifs is 3. The zero-order valence-corrected chi connectivity index (χ0v) is 28.0. The minimum Gasteiger partial charge on any atom is -0.489 e. The van der Waals surface area contributed by atoms with E-state index in [1.807, 2.05) is 57.5 Å². The third kappa shape index (κ3) is 7.48. The van der Waals surface area contributed by atoms with Crippen molar-refractivity contribution in [3.8, 4) is 28.0 Å². The number of amides is 1. The highest BCUT2D eigenvalue weighted by atomic mass is 32.0. The molecule has 5 aromatic carbocycles. The molecule has 46 heavy (non-hydrogen) atoms. The zero-order chi connectivity index (χ0) is 31.9. The third-order valence-electron chi connectivity index (χ3n) is 8.12. The first kappa shape index (κ1) is 31.5. The van der Waals surface area contributed by atoms with Gasteiger partial charge in [0.1, 0.15) is 31.6 Å². The Labute approximate surface area is 273 Å². The van der Waals surface area contributed by atoms with E-state index in [0.29, 0.717) is 6.61 Å². The second-order valence-electron chi connectivity index (χ2n) is 11.2. The lowest BCUT2D eigenvalue weighted by Gasteiger charge is -2.17. The predicted octanol–water partition coefficient (Wildman–Crippen LogP) is 7.73. The summed E-state index contributed by atoms with van der Waals surface area (Å²) in [5, 5.41) is 3.96. The largest absolute Gasteiger partial charge is 0.489 e. The Kier molecular flexibility index (Phi) is 10.1. The van der Waals surface area contributed by atoms with Crippen molar-refractivity contribution in [2.45, 2.75) is 32.1 Å². The van der Waals surface area contributed by atoms with E-state index in [0.717, 1.165) is 47.4 Å². The van der Waals surface area contributed by atoms with E-state index < -0.39 is 18.1 Å². The molecule has 1 aliphatic carbocycles. The molecule has 0 aromatic heterocycles. The number of esters is 1. The fourth-order valence-corrected chi connectivity index (χ4v) is 6.69. The molecular formula is C38H36NO5P2+. The molecule has 232 valence electrons. The van der Waals surface area contributed by atoms with Gasteiger partial charge in [0, 0.05) is 11.2 Å². The van der Waals surface area contributed by atoms with Crippen LogP contribution < -0.4 is 15.4 Å². The molecule has 0 radical (unpaired) electrons. The van der Waals surface area contributed by atoms with Crippen LogP contribution in [0.1, 0.15) is 35.1 Å². The Morgan fingerprint density at radius 1 is 0.717 bits per heavy atom. The summed E-state index contributed by atoms with van der Waals surface area (Å²) < 4.78 is 17.0. The van der Waals surface area contributed by atoms with Crippen LogP contribution in [0.4, 0.5) is 4.79 Å². The predicted molar refractivity (Wildman–Crippen MR) is 189 cm³/mol. The van der Waals surface area contributed by atoms with Gasteiger partial charge >= 0.3 is 12.1 Å². The average Bonchev–Trinajstić information content (AvgIpc) is 3.43. The van der Waals surface area contributed by atoms with Crippen LogP contribution in [0.15, 0.2) is 121 Å². The minimum atomic E-state index is -0.860. The number of carbonyl (C=O) groups excluding carboxylic acids is 2. The smallest absolute Gasteiger partial charge is 0.407 e. The summed E-state index contributed by atoms with van der Waals surface area (Å²) in [6, 6.07) is 40.0. The number of hydrogen-bond acceptors (Lipinski definition) is 5. The lowest BCUT2D eigenvalue weighted by molar-refractivity contribution is -0.146. The standard InChI is InChI=1S/C38H35NO5P2/c1-25(39-38(41)44-24-36-34-8-4-2-6-32(34)33-7-3-5-9-35(33)36)37(40)43-23-27-12-18-30(19-13-27)42-22-26-10-14-28(15-11-26)29-16-20-31(46-45)21-17-29/h2-21,25,36,46H,22-24,45H2,1H3,(H,39,41)/p+1. The van der Waals surface area contributed by atoms with Crippen molar-refractivity contribution >= 4 is 34.6 Å². The van der Waals surface area contributed by atoms with Crippen LogP contribution in [0, 0.1) is 0 Å². The molecule has 5 aromatic rings. The van der Waals surface area contributed by atoms with Gasteiger partial charge in [0.05, 0.1) is 8.27 Å². The van der Waals surface area contributed by atoms with Crippen LogP contribution in [0.2, 0.25) is 0 Å². The van der Waals surface area contributed by atoms with E-state index in [9.17, 15) is 9.59 Å². The van der Waals surface area contributed by atoms with E-state index in [-0.39, 0.29) is 19.1 Å². The van der Waals surface area contributed by atoms with E-state index in [1.165, 1.54) is 16.4 Å². The quantitative estimate of drug-likeness (QED) is 0.117. The SMILES string of the molecule is CC(NC(=O)OCC1c2ccccc2-c2ccccc21)C(=O)OCc1ccc(OCc2ccc(-c3ccc(P[PH3+])cc3)cc2)cc1. The molecule has 0 fully saturated rings. The number of nitrogens with one attached hydrogen (secondary N) is 1. The number of rotatable bonds is 11. The van der Waals surface area contributed by atoms with E-state index >= 15 is 0 Å². The van der Waals surface area contributed by atoms with Crippen LogP contribution in [0.5, 0.6) is 5.75 Å². The molecule has 0 spiro atoms. The Morgan fingerprint density at radius 3 is 1.87 bits per heavy atom. The highest BCUT2D eigenvalue weighted by Gasteiger charge is 2.29. The Bertz CT molecular complexity index is 1760. The molecule has 6 rings (SSSR count). The first-order chi connectivity index (χ1) is 22.5. The Morgan fingerprint density at radius 2 is 1.26 bits per heavy atom. The average molecular weight is 649 g/mol. The first-order valence-electron chi connectivity index (χ1n) is 15.2. The molecule has 0 heterocycles. The fraction of sp³-hybridized carbons (Fsp3) is 0.158. The van der Waals surface area contributed by atoms with E-state index in [1.54, 1.807) is 6.92 Å². The van der Waals surface area contributed by atoms with Gasteiger partial charge in [-0.15, -0.1) is 0 Å². The summed E-state index contributed by atoms with van der Waals surface area (Å²) in [5.74, 6) is 0.127. The molecule has 0 aliphatic heterocycles. The third-order valence-corrected chi connectivity index (χ3v) is 10.1. The van der Waals surface area contributed by atoms with E-state index in [4.69, 9.17) is 14.2 Å². The molecule has 8 heteroatoms. The topological polar surface area (TPSA) is 73.9 Å². The summed E-state index contributed by atoms with van der Waals surface area (Å²) in [7, 11) is 2.82. The molecule has 0 saturated heterocycles. The maximum Gasteiger partial charge on any atom is 0.407 e. The number of carbonyl (C=O) groups is 2. The highest BCUT2D eigenvalue weighted by Crippen LogP contribution is 2.44. The van der Waals surface area contributed by atoms with Crippen LogP contribution in [-0.4, -0.2) is 24.7 Å². The van der Waals surface area contributed by atoms with Crippen molar-refractivity contribution < 1.29 is 23.8 Å². The Balaban J connectivity index is 0.930. The number of hydrogen-bond donors (Lipinski definition) is 1. The fourth-order valence-electron chi connectivity index (χ4n) is 5.58. The van der Waals surface area contributed by atoms with Crippen LogP contribution in [0.25, 0.3) is 22.3 Å². The monoisotopic (exact) mass is 648 g/mol. The summed E-state index contributed by atoms with van der Waals surface area (Å²) in [4.78, 5) is 25.2. The molecule has 0 saturated carbocycles. The second kappa shape index (κ2) is 14.7. The second-order valence-corrected chi connectivity index (χ2v) is 13.2. The summed E-state index contributed by atoms with van der Waals surface area (Å²) in [6.45, 7) is 2.28. The molecule has 3 atom stereocenters. The maximum absolute atomic E-state index is 12.6. The number of ether oxygens (including phenoxy) is 3. The van der Waals surface area contributed by atoms with Crippen molar-refractivity contribution in [2.75, 3.05) is 6.61 Å². The van der Waals surface area contributed by atoms with Gasteiger partial charge in [-0.25, -0.2) is 9.59 Å². The van der Waals surface area contributed by atoms with Crippen molar-refractivity contribution in [1.82, 2.24) is 5.32 Å². The van der Waals surface area contributed by atoms with Crippen LogP contribution in [0.3, 0.4) is 0 Å². The van der Waals surface area contributed by atoms with Crippen LogP contribution >= 0.6 is 17.2 Å². The minimum absolute atomic E-state index is 0.0536. The van der Waals surface area contributed by atoms with Crippen molar-refractivity contribution in [1.29, 1.82) is 0 Å². The zero-order valence-electron chi connectivity index (χ0n) is 25.6. The van der Waals surface area contributed by atoms with Gasteiger partial charge in [0.25, 0.3) is 0 Å². The lowest BCUT2D eigenvalue weighted by atomic mass is 9.98. The first-order valence-corrected chi connectivity index (χ1v) is 18.5. The van der Waals surface area contributed by atoms with Gasteiger partial charge < -0.3 is 19.5 Å². The van der Waals surface area contributed by atoms with E-state index in [2.05, 4.69) is 78.1 Å². The maximum atomic E-state index is 12.6. The summed E-state index contributed by atoms with van der Waals surface area (Å²) in [5.41, 5.74) is 8.84. The van der Waals surface area contributed by atoms with Crippen molar-refractivity contribution in [2.24, 2.45) is 0 Å². The summed E-state index contributed by atoms with van der Waals surface area (Å²) in [6.07, 6.45) is -0.659. The Hall–Kier alpha value is -4.50. The van der Waals surface area contributed by atoms with Gasteiger partial charge in [0.2, 0.25) is 0 Å². The number of alkyl carbamates (subject to hydrolysis) is 1. The van der Waals surface area contributed by atoms with Gasteiger partial charge in [-0.2, -0.15) is 0 Å². The molecule has 1 N–H and O–H groups in total. The summed E-state index contributed by atoms with van der Waals surface area (Å²) >= 11 is 0. The molecule has 0 bridgehead atoms. The van der Waals surface area contributed by atoms with Gasteiger partial charge in [-0.1, -0.05) is 109 Å². The molecule has 6 nitrogen and oxygen atoms in total. The van der Waals surface area contributed by atoms with Crippen LogP contribution in [-0.2, 0) is 27.5 Å². The highest BCUT2D eigenvalue weighted by molar-refractivity contribution is 8.06.